The highest BCUT2D eigenvalue weighted by Crippen LogP contribution is 2.34. The van der Waals surface area contributed by atoms with Crippen molar-refractivity contribution in [2.75, 3.05) is 19.8 Å². The molecule has 1 atom stereocenters. The summed E-state index contributed by atoms with van der Waals surface area (Å²) in [6.07, 6.45) is 5.01. The van der Waals surface area contributed by atoms with E-state index in [1.54, 1.807) is 0 Å². The average molecular weight is 376 g/mol. The lowest BCUT2D eigenvalue weighted by molar-refractivity contribution is 0.0714. The van der Waals surface area contributed by atoms with Gasteiger partial charge in [-0.2, -0.15) is 4.98 Å². The minimum absolute atomic E-state index is 0.0168. The number of aryl methyl sites for hydroxylation is 2. The number of nitrogens with zero attached hydrogens (tertiary/aromatic N) is 4. The van der Waals surface area contributed by atoms with Gasteiger partial charge in [0.2, 0.25) is 5.89 Å². The molecule has 2 fully saturated rings. The first-order valence-electron chi connectivity index (χ1n) is 9.27. The predicted octanol–water partition coefficient (Wildman–Crippen LogP) is 3.09. The summed E-state index contributed by atoms with van der Waals surface area (Å²) in [5, 5.41) is 4.98. The van der Waals surface area contributed by atoms with Gasteiger partial charge < -0.3 is 14.2 Å². The van der Waals surface area contributed by atoms with Crippen molar-refractivity contribution in [2.45, 2.75) is 52.0 Å². The van der Waals surface area contributed by atoms with Gasteiger partial charge in [0.05, 0.1) is 17.3 Å². The van der Waals surface area contributed by atoms with E-state index in [1.165, 1.54) is 24.2 Å². The van der Waals surface area contributed by atoms with Gasteiger partial charge in [-0.05, 0) is 45.4 Å². The number of hydrogen-bond acceptors (Lipinski definition) is 7. The Labute approximate surface area is 156 Å². The quantitative estimate of drug-likeness (QED) is 0.691. The van der Waals surface area contributed by atoms with Crippen molar-refractivity contribution in [3.63, 3.8) is 0 Å². The van der Waals surface area contributed by atoms with Gasteiger partial charge in [-0.25, -0.2) is 4.98 Å². The number of thiazole rings is 1. The second-order valence-corrected chi connectivity index (χ2v) is 8.32. The molecule has 0 bridgehead atoms. The summed E-state index contributed by atoms with van der Waals surface area (Å²) in [5.74, 6) is 1.96. The van der Waals surface area contributed by atoms with Crippen molar-refractivity contribution in [1.29, 1.82) is 0 Å². The van der Waals surface area contributed by atoms with Gasteiger partial charge in [0.25, 0.3) is 5.91 Å². The van der Waals surface area contributed by atoms with E-state index in [9.17, 15) is 4.79 Å². The first-order chi connectivity index (χ1) is 12.6. The molecule has 4 rings (SSSR count). The molecule has 1 saturated carbocycles. The van der Waals surface area contributed by atoms with Crippen LogP contribution in [0.25, 0.3) is 0 Å². The highest BCUT2D eigenvalue weighted by Gasteiger charge is 2.35. The Morgan fingerprint density at radius 1 is 1.31 bits per heavy atom. The Kier molecular flexibility index (Phi) is 5.04. The molecule has 0 spiro atoms. The van der Waals surface area contributed by atoms with Crippen molar-refractivity contribution < 1.29 is 14.1 Å². The highest BCUT2D eigenvalue weighted by molar-refractivity contribution is 7.13. The molecule has 2 aromatic rings. The Balaban J connectivity index is 1.39. The lowest BCUT2D eigenvalue weighted by Gasteiger charge is -2.21. The maximum absolute atomic E-state index is 12.9. The molecule has 1 unspecified atom stereocenters. The van der Waals surface area contributed by atoms with Gasteiger partial charge in [0.15, 0.2) is 5.82 Å². The summed E-state index contributed by atoms with van der Waals surface area (Å²) in [5.41, 5.74) is 0.794. The van der Waals surface area contributed by atoms with E-state index < -0.39 is 0 Å². The third-order valence-corrected chi connectivity index (χ3v) is 5.96. The maximum Gasteiger partial charge on any atom is 0.266 e. The first kappa shape index (κ1) is 17.6. The number of carbonyl (C=O) groups is 1. The van der Waals surface area contributed by atoms with Crippen LogP contribution in [0.5, 0.6) is 0 Å². The van der Waals surface area contributed by atoms with Crippen LogP contribution in [0.2, 0.25) is 0 Å². The number of hydrogen-bond donors (Lipinski definition) is 0. The molecule has 3 heterocycles. The summed E-state index contributed by atoms with van der Waals surface area (Å²) in [6, 6.07) is -0.141. The van der Waals surface area contributed by atoms with Crippen LogP contribution in [0.15, 0.2) is 4.52 Å². The monoisotopic (exact) mass is 376 g/mol. The molecular formula is C18H24N4O3S. The Morgan fingerprint density at radius 3 is 2.88 bits per heavy atom. The maximum atomic E-state index is 12.9. The zero-order chi connectivity index (χ0) is 18.1. The molecule has 26 heavy (non-hydrogen) atoms. The zero-order valence-corrected chi connectivity index (χ0v) is 16.0. The second kappa shape index (κ2) is 7.44. The molecule has 0 radical (unpaired) electrons. The van der Waals surface area contributed by atoms with Crippen LogP contribution in [-0.2, 0) is 11.2 Å². The Bertz CT molecular complexity index is 783. The summed E-state index contributed by atoms with van der Waals surface area (Å²) >= 11 is 1.45. The minimum atomic E-state index is -0.141. The van der Waals surface area contributed by atoms with E-state index in [1.807, 2.05) is 18.7 Å². The summed E-state index contributed by atoms with van der Waals surface area (Å²) in [7, 11) is 0. The molecule has 8 heteroatoms. The van der Waals surface area contributed by atoms with Crippen LogP contribution in [0.1, 0.15) is 63.8 Å². The van der Waals surface area contributed by atoms with E-state index in [4.69, 9.17) is 9.26 Å². The fourth-order valence-electron chi connectivity index (χ4n) is 3.33. The predicted molar refractivity (Wildman–Crippen MR) is 96.1 cm³/mol. The molecule has 1 aliphatic carbocycles. The number of rotatable bonds is 7. The molecule has 1 saturated heterocycles. The smallest absolute Gasteiger partial charge is 0.266 e. The summed E-state index contributed by atoms with van der Waals surface area (Å²) < 4.78 is 11.1. The van der Waals surface area contributed by atoms with Gasteiger partial charge in [-0.3, -0.25) is 4.79 Å². The SMILES string of the molecule is Cc1nc(C)c(C(=O)N2CCCC2c2nc(CCOCC3CC3)no2)s1. The molecule has 7 nitrogen and oxygen atoms in total. The van der Waals surface area contributed by atoms with Crippen molar-refractivity contribution in [1.82, 2.24) is 20.0 Å². The average Bonchev–Trinajstić information content (AvgIpc) is 3.00. The first-order valence-corrected chi connectivity index (χ1v) is 10.1. The van der Waals surface area contributed by atoms with Crippen molar-refractivity contribution in [2.24, 2.45) is 5.92 Å². The number of carbonyl (C=O) groups excluding carboxylic acids is 1. The van der Waals surface area contributed by atoms with E-state index in [0.717, 1.165) is 36.1 Å². The second-order valence-electron chi connectivity index (χ2n) is 7.12. The van der Waals surface area contributed by atoms with Gasteiger partial charge in [0, 0.05) is 19.6 Å². The van der Waals surface area contributed by atoms with Crippen molar-refractivity contribution in [3.05, 3.63) is 27.3 Å². The van der Waals surface area contributed by atoms with Crippen molar-refractivity contribution >= 4 is 17.2 Å². The normalized spacial score (nSPS) is 20.1. The molecular weight excluding hydrogens is 352 g/mol. The third-order valence-electron chi connectivity index (χ3n) is 4.90. The summed E-state index contributed by atoms with van der Waals surface area (Å²) in [4.78, 5) is 24.4. The van der Waals surface area contributed by atoms with E-state index in [0.29, 0.717) is 36.2 Å². The molecule has 0 N–H and O–H groups in total. The van der Waals surface area contributed by atoms with Gasteiger partial charge >= 0.3 is 0 Å². The molecule has 1 amide bonds. The molecule has 1 aliphatic heterocycles. The van der Waals surface area contributed by atoms with Gasteiger partial charge in [0.1, 0.15) is 10.9 Å². The van der Waals surface area contributed by atoms with Crippen LogP contribution in [-0.4, -0.2) is 45.7 Å². The highest BCUT2D eigenvalue weighted by atomic mass is 32.1. The van der Waals surface area contributed by atoms with Gasteiger partial charge in [-0.15, -0.1) is 11.3 Å². The van der Waals surface area contributed by atoms with Crippen LogP contribution in [0.3, 0.4) is 0 Å². The summed E-state index contributed by atoms with van der Waals surface area (Å²) in [6.45, 7) is 5.97. The Hall–Kier alpha value is -1.80. The van der Waals surface area contributed by atoms with Crippen molar-refractivity contribution in [3.8, 4) is 0 Å². The minimum Gasteiger partial charge on any atom is -0.381 e. The topological polar surface area (TPSA) is 81.4 Å². The standard InChI is InChI=1S/C18H24N4O3S/c1-11-16(26-12(2)19-11)18(23)22-8-3-4-14(22)17-20-15(21-25-17)7-9-24-10-13-5-6-13/h13-14H,3-10H2,1-2H3. The number of aromatic nitrogens is 3. The van der Waals surface area contributed by atoms with E-state index in [-0.39, 0.29) is 11.9 Å². The van der Waals surface area contributed by atoms with E-state index in [2.05, 4.69) is 15.1 Å². The molecule has 0 aromatic carbocycles. The molecule has 140 valence electrons. The third kappa shape index (κ3) is 3.81. The fourth-order valence-corrected chi connectivity index (χ4v) is 4.20. The Morgan fingerprint density at radius 2 is 2.15 bits per heavy atom. The van der Waals surface area contributed by atoms with Crippen LogP contribution < -0.4 is 0 Å². The molecule has 2 aliphatic rings. The lowest BCUT2D eigenvalue weighted by Crippen LogP contribution is -2.30. The number of ether oxygens (including phenoxy) is 1. The van der Waals surface area contributed by atoms with Crippen LogP contribution >= 0.6 is 11.3 Å². The fraction of sp³-hybridized carbons (Fsp3) is 0.667. The zero-order valence-electron chi connectivity index (χ0n) is 15.2. The number of amides is 1. The molecule has 2 aromatic heterocycles. The van der Waals surface area contributed by atoms with Gasteiger partial charge in [-0.1, -0.05) is 5.16 Å². The largest absolute Gasteiger partial charge is 0.381 e. The number of likely N-dealkylation sites (tertiary alicyclic amines) is 1. The lowest BCUT2D eigenvalue weighted by atomic mass is 10.2. The van der Waals surface area contributed by atoms with Crippen LogP contribution in [0, 0.1) is 19.8 Å². The van der Waals surface area contributed by atoms with E-state index >= 15 is 0 Å². The van der Waals surface area contributed by atoms with Crippen LogP contribution in [0.4, 0.5) is 0 Å².